The van der Waals surface area contributed by atoms with Crippen LogP contribution in [-0.4, -0.2) is 40.3 Å². The first-order valence-electron chi connectivity index (χ1n) is 7.24. The molecule has 102 valence electrons. The molecular formula is C14H19N3O2. The smallest absolute Gasteiger partial charge is 0.228 e. The highest BCUT2D eigenvalue weighted by Gasteiger charge is 2.32. The highest BCUT2D eigenvalue weighted by atomic mass is 16.5. The van der Waals surface area contributed by atoms with Crippen molar-refractivity contribution in [1.82, 2.24) is 14.7 Å². The zero-order valence-corrected chi connectivity index (χ0v) is 11.0. The summed E-state index contributed by atoms with van der Waals surface area (Å²) >= 11 is 0. The first-order valence-corrected chi connectivity index (χ1v) is 7.24. The fourth-order valence-electron chi connectivity index (χ4n) is 3.04. The second-order valence-electron chi connectivity index (χ2n) is 5.88. The van der Waals surface area contributed by atoms with Gasteiger partial charge in [0, 0.05) is 19.1 Å². The Morgan fingerprint density at radius 2 is 2.21 bits per heavy atom. The van der Waals surface area contributed by atoms with Crippen molar-refractivity contribution in [3.63, 3.8) is 0 Å². The molecule has 3 aliphatic rings. The summed E-state index contributed by atoms with van der Waals surface area (Å²) < 4.78 is 7.40. The van der Waals surface area contributed by atoms with Gasteiger partial charge in [-0.3, -0.25) is 9.48 Å². The van der Waals surface area contributed by atoms with E-state index in [1.54, 1.807) is 0 Å². The van der Waals surface area contributed by atoms with Crippen molar-refractivity contribution in [1.29, 1.82) is 0 Å². The minimum Gasteiger partial charge on any atom is -0.381 e. The molecule has 0 bridgehead atoms. The maximum absolute atomic E-state index is 12.4. The van der Waals surface area contributed by atoms with Gasteiger partial charge in [-0.15, -0.1) is 0 Å². The summed E-state index contributed by atoms with van der Waals surface area (Å²) in [7, 11) is 0. The maximum Gasteiger partial charge on any atom is 0.228 e. The predicted molar refractivity (Wildman–Crippen MR) is 68.5 cm³/mol. The molecule has 1 atom stereocenters. The summed E-state index contributed by atoms with van der Waals surface area (Å²) in [4.78, 5) is 14.4. The van der Waals surface area contributed by atoms with E-state index in [0.717, 1.165) is 32.7 Å². The standard InChI is InChI=1S/C14H19N3O2/c18-14(11-3-6-19-9-11)16-4-5-17-12(8-16)7-13(15-17)10-1-2-10/h7,10-11H,1-6,8-9H2/t11-/m0/s1. The van der Waals surface area contributed by atoms with Gasteiger partial charge >= 0.3 is 0 Å². The Balaban J connectivity index is 1.49. The summed E-state index contributed by atoms with van der Waals surface area (Å²) in [6.45, 7) is 3.67. The van der Waals surface area contributed by atoms with E-state index >= 15 is 0 Å². The molecule has 1 amide bonds. The fraction of sp³-hybridized carbons (Fsp3) is 0.714. The predicted octanol–water partition coefficient (Wildman–Crippen LogP) is 1.14. The molecule has 1 aromatic rings. The van der Waals surface area contributed by atoms with Crippen LogP contribution in [0.4, 0.5) is 0 Å². The monoisotopic (exact) mass is 261 g/mol. The summed E-state index contributed by atoms with van der Waals surface area (Å²) in [6.07, 6.45) is 3.43. The Bertz CT molecular complexity index is 501. The van der Waals surface area contributed by atoms with Gasteiger partial charge < -0.3 is 9.64 Å². The molecule has 19 heavy (non-hydrogen) atoms. The van der Waals surface area contributed by atoms with E-state index in [0.29, 0.717) is 12.5 Å². The molecule has 0 N–H and O–H groups in total. The SMILES string of the molecule is O=C([C@H]1CCOC1)N1CCn2nc(C3CC3)cc2C1. The van der Waals surface area contributed by atoms with Crippen molar-refractivity contribution < 1.29 is 9.53 Å². The third kappa shape index (κ3) is 2.06. The van der Waals surface area contributed by atoms with Crippen LogP contribution in [0.5, 0.6) is 0 Å². The van der Waals surface area contributed by atoms with Crippen molar-refractivity contribution in [2.24, 2.45) is 5.92 Å². The fourth-order valence-corrected chi connectivity index (χ4v) is 3.04. The van der Waals surface area contributed by atoms with Gasteiger partial charge in [0.05, 0.1) is 37.0 Å². The molecule has 5 nitrogen and oxygen atoms in total. The van der Waals surface area contributed by atoms with Gasteiger partial charge in [0.15, 0.2) is 0 Å². The number of carbonyl (C=O) groups excluding carboxylic acids is 1. The first kappa shape index (κ1) is 11.5. The largest absolute Gasteiger partial charge is 0.381 e. The summed E-state index contributed by atoms with van der Waals surface area (Å²) in [5.74, 6) is 1.03. The first-order chi connectivity index (χ1) is 9.31. The zero-order valence-electron chi connectivity index (χ0n) is 11.0. The molecule has 5 heteroatoms. The van der Waals surface area contributed by atoms with Crippen LogP contribution in [0, 0.1) is 5.92 Å². The molecule has 1 saturated heterocycles. The van der Waals surface area contributed by atoms with E-state index in [1.807, 2.05) is 4.90 Å². The van der Waals surface area contributed by atoms with Crippen molar-refractivity contribution in [3.8, 4) is 0 Å². The molecule has 0 radical (unpaired) electrons. The molecule has 0 aromatic carbocycles. The lowest BCUT2D eigenvalue weighted by molar-refractivity contribution is -0.137. The van der Waals surface area contributed by atoms with Gasteiger partial charge in [-0.05, 0) is 25.3 Å². The van der Waals surface area contributed by atoms with Crippen molar-refractivity contribution in [2.75, 3.05) is 19.8 Å². The number of hydrogen-bond donors (Lipinski definition) is 0. The average Bonchev–Trinajstić information content (AvgIpc) is 2.99. The van der Waals surface area contributed by atoms with Gasteiger partial charge in [-0.1, -0.05) is 0 Å². The lowest BCUT2D eigenvalue weighted by Gasteiger charge is -2.29. The molecule has 1 aromatic heterocycles. The van der Waals surface area contributed by atoms with Crippen LogP contribution in [0.15, 0.2) is 6.07 Å². The Morgan fingerprint density at radius 1 is 1.32 bits per heavy atom. The molecule has 1 saturated carbocycles. The zero-order chi connectivity index (χ0) is 12.8. The van der Waals surface area contributed by atoms with Crippen LogP contribution in [-0.2, 0) is 22.6 Å². The van der Waals surface area contributed by atoms with Crippen molar-refractivity contribution >= 4 is 5.91 Å². The molecule has 0 unspecified atom stereocenters. The molecule has 3 heterocycles. The van der Waals surface area contributed by atoms with Crippen LogP contribution in [0.1, 0.15) is 36.6 Å². The van der Waals surface area contributed by atoms with Crippen LogP contribution in [0.2, 0.25) is 0 Å². The highest BCUT2D eigenvalue weighted by molar-refractivity contribution is 5.79. The number of rotatable bonds is 2. The average molecular weight is 261 g/mol. The molecular weight excluding hydrogens is 242 g/mol. The second kappa shape index (κ2) is 4.34. The van der Waals surface area contributed by atoms with E-state index in [2.05, 4.69) is 15.8 Å². The van der Waals surface area contributed by atoms with E-state index in [9.17, 15) is 4.79 Å². The molecule has 0 spiro atoms. The number of aromatic nitrogens is 2. The van der Waals surface area contributed by atoms with Gasteiger partial charge in [0.2, 0.25) is 5.91 Å². The summed E-state index contributed by atoms with van der Waals surface area (Å²) in [5.41, 5.74) is 2.42. The number of ether oxygens (including phenoxy) is 1. The summed E-state index contributed by atoms with van der Waals surface area (Å²) in [6, 6.07) is 2.20. The second-order valence-corrected chi connectivity index (χ2v) is 5.88. The van der Waals surface area contributed by atoms with E-state index in [1.165, 1.54) is 24.2 Å². The third-order valence-electron chi connectivity index (χ3n) is 4.40. The minimum atomic E-state index is 0.0809. The number of amides is 1. The van der Waals surface area contributed by atoms with Crippen LogP contribution < -0.4 is 0 Å². The van der Waals surface area contributed by atoms with Crippen molar-refractivity contribution in [2.45, 2.75) is 38.3 Å². The molecule has 4 rings (SSSR count). The quantitative estimate of drug-likeness (QED) is 0.802. The Hall–Kier alpha value is -1.36. The summed E-state index contributed by atoms with van der Waals surface area (Å²) in [5, 5.41) is 4.66. The van der Waals surface area contributed by atoms with Gasteiger partial charge in [0.25, 0.3) is 0 Å². The van der Waals surface area contributed by atoms with E-state index in [4.69, 9.17) is 4.74 Å². The van der Waals surface area contributed by atoms with Gasteiger partial charge in [-0.2, -0.15) is 5.10 Å². The lowest BCUT2D eigenvalue weighted by atomic mass is 10.1. The minimum absolute atomic E-state index is 0.0809. The van der Waals surface area contributed by atoms with Crippen LogP contribution >= 0.6 is 0 Å². The molecule has 1 aliphatic carbocycles. The maximum atomic E-state index is 12.4. The third-order valence-corrected chi connectivity index (χ3v) is 4.40. The van der Waals surface area contributed by atoms with E-state index in [-0.39, 0.29) is 11.8 Å². The number of carbonyl (C=O) groups is 1. The number of nitrogens with zero attached hydrogens (tertiary/aromatic N) is 3. The van der Waals surface area contributed by atoms with Crippen LogP contribution in [0.25, 0.3) is 0 Å². The normalized spacial score (nSPS) is 26.5. The molecule has 2 fully saturated rings. The van der Waals surface area contributed by atoms with Gasteiger partial charge in [0.1, 0.15) is 0 Å². The van der Waals surface area contributed by atoms with Gasteiger partial charge in [-0.25, -0.2) is 0 Å². The van der Waals surface area contributed by atoms with E-state index < -0.39 is 0 Å². The van der Waals surface area contributed by atoms with Crippen LogP contribution in [0.3, 0.4) is 0 Å². The van der Waals surface area contributed by atoms with Crippen molar-refractivity contribution in [3.05, 3.63) is 17.5 Å². The Morgan fingerprint density at radius 3 is 2.95 bits per heavy atom. The number of hydrogen-bond acceptors (Lipinski definition) is 3. The Kier molecular flexibility index (Phi) is 2.62. The number of fused-ring (bicyclic) bond motifs is 1. The Labute approximate surface area is 112 Å². The lowest BCUT2D eigenvalue weighted by Crippen LogP contribution is -2.41. The highest BCUT2D eigenvalue weighted by Crippen LogP contribution is 2.39. The topological polar surface area (TPSA) is 47.4 Å². The molecule has 2 aliphatic heterocycles.